The SMILES string of the molecule is CCC(CN)S(=O)(=O)NCCC(=O)N1CCOCC1. The van der Waals surface area contributed by atoms with Crippen LogP contribution >= 0.6 is 0 Å². The van der Waals surface area contributed by atoms with Gasteiger partial charge in [-0.15, -0.1) is 0 Å². The van der Waals surface area contributed by atoms with Gasteiger partial charge in [0.15, 0.2) is 0 Å². The molecule has 8 heteroatoms. The van der Waals surface area contributed by atoms with Gasteiger partial charge in [-0.05, 0) is 6.42 Å². The quantitative estimate of drug-likeness (QED) is 0.620. The molecule has 0 bridgehead atoms. The van der Waals surface area contributed by atoms with E-state index >= 15 is 0 Å². The lowest BCUT2D eigenvalue weighted by Gasteiger charge is -2.27. The number of ether oxygens (including phenoxy) is 1. The highest BCUT2D eigenvalue weighted by molar-refractivity contribution is 7.90. The van der Waals surface area contributed by atoms with Crippen LogP contribution in [0.25, 0.3) is 0 Å². The summed E-state index contributed by atoms with van der Waals surface area (Å²) in [6, 6.07) is 0. The van der Waals surface area contributed by atoms with Gasteiger partial charge in [-0.1, -0.05) is 6.92 Å². The Labute approximate surface area is 114 Å². The highest BCUT2D eigenvalue weighted by Gasteiger charge is 2.22. The molecule has 1 aliphatic rings. The van der Waals surface area contributed by atoms with Crippen LogP contribution in [0.5, 0.6) is 0 Å². The summed E-state index contributed by atoms with van der Waals surface area (Å²) in [5.74, 6) is -0.0493. The van der Waals surface area contributed by atoms with Crippen molar-refractivity contribution >= 4 is 15.9 Å². The Bertz CT molecular complexity index is 375. The number of amides is 1. The molecule has 0 aromatic heterocycles. The molecule has 0 saturated carbocycles. The lowest BCUT2D eigenvalue weighted by Crippen LogP contribution is -2.43. The molecular weight excluding hydrogens is 270 g/mol. The van der Waals surface area contributed by atoms with Crippen LogP contribution in [0.3, 0.4) is 0 Å². The maximum Gasteiger partial charge on any atom is 0.224 e. The smallest absolute Gasteiger partial charge is 0.224 e. The van der Waals surface area contributed by atoms with Crippen LogP contribution in [-0.4, -0.2) is 63.9 Å². The maximum atomic E-state index is 11.8. The average Bonchev–Trinajstić information content (AvgIpc) is 2.40. The summed E-state index contributed by atoms with van der Waals surface area (Å²) in [6.45, 7) is 4.22. The first-order valence-electron chi connectivity index (χ1n) is 6.55. The predicted molar refractivity (Wildman–Crippen MR) is 72.1 cm³/mol. The van der Waals surface area contributed by atoms with Crippen molar-refractivity contribution in [3.63, 3.8) is 0 Å². The molecule has 112 valence electrons. The van der Waals surface area contributed by atoms with Gasteiger partial charge < -0.3 is 15.4 Å². The molecule has 19 heavy (non-hydrogen) atoms. The Morgan fingerprint density at radius 3 is 2.58 bits per heavy atom. The van der Waals surface area contributed by atoms with E-state index in [9.17, 15) is 13.2 Å². The standard InChI is InChI=1S/C11H23N3O4S/c1-2-10(9-12)19(16,17)13-4-3-11(15)14-5-7-18-8-6-14/h10,13H,2-9,12H2,1H3. The molecule has 0 spiro atoms. The first-order valence-corrected chi connectivity index (χ1v) is 8.10. The van der Waals surface area contributed by atoms with Crippen molar-refractivity contribution < 1.29 is 17.9 Å². The fraction of sp³-hybridized carbons (Fsp3) is 0.909. The van der Waals surface area contributed by atoms with Crippen LogP contribution in [0.4, 0.5) is 0 Å². The minimum atomic E-state index is -3.42. The van der Waals surface area contributed by atoms with E-state index in [0.29, 0.717) is 32.7 Å². The van der Waals surface area contributed by atoms with E-state index in [1.165, 1.54) is 0 Å². The summed E-state index contributed by atoms with van der Waals surface area (Å²) in [7, 11) is -3.42. The van der Waals surface area contributed by atoms with Gasteiger partial charge >= 0.3 is 0 Å². The summed E-state index contributed by atoms with van der Waals surface area (Å²) in [5, 5.41) is -0.592. The number of nitrogens with one attached hydrogen (secondary N) is 1. The topological polar surface area (TPSA) is 102 Å². The van der Waals surface area contributed by atoms with E-state index < -0.39 is 15.3 Å². The highest BCUT2D eigenvalue weighted by Crippen LogP contribution is 2.03. The fourth-order valence-electron chi connectivity index (χ4n) is 1.90. The number of morpholine rings is 1. The van der Waals surface area contributed by atoms with Gasteiger partial charge in [-0.25, -0.2) is 13.1 Å². The molecule has 0 radical (unpaired) electrons. The normalized spacial score (nSPS) is 18.3. The minimum absolute atomic E-state index is 0.0493. The Morgan fingerprint density at radius 2 is 2.05 bits per heavy atom. The zero-order chi connectivity index (χ0) is 14.3. The van der Waals surface area contributed by atoms with Gasteiger partial charge in [0.2, 0.25) is 15.9 Å². The molecule has 1 saturated heterocycles. The van der Waals surface area contributed by atoms with Gasteiger partial charge in [0.25, 0.3) is 0 Å². The largest absolute Gasteiger partial charge is 0.378 e. The summed E-state index contributed by atoms with van der Waals surface area (Å²) in [6.07, 6.45) is 0.628. The van der Waals surface area contributed by atoms with Crippen molar-refractivity contribution in [1.29, 1.82) is 0 Å². The zero-order valence-corrected chi connectivity index (χ0v) is 12.1. The van der Waals surface area contributed by atoms with Gasteiger partial charge in [0.1, 0.15) is 0 Å². The molecule has 1 unspecified atom stereocenters. The molecule has 0 aromatic rings. The second-order valence-corrected chi connectivity index (χ2v) is 6.49. The molecule has 1 amide bonds. The van der Waals surface area contributed by atoms with Crippen molar-refractivity contribution in [1.82, 2.24) is 9.62 Å². The number of hydrogen-bond donors (Lipinski definition) is 2. The Morgan fingerprint density at radius 1 is 1.42 bits per heavy atom. The molecule has 7 nitrogen and oxygen atoms in total. The Hall–Kier alpha value is -0.700. The molecule has 3 N–H and O–H groups in total. The number of sulfonamides is 1. The van der Waals surface area contributed by atoms with E-state index in [2.05, 4.69) is 4.72 Å². The van der Waals surface area contributed by atoms with Crippen molar-refractivity contribution in [2.75, 3.05) is 39.4 Å². The van der Waals surface area contributed by atoms with E-state index in [1.54, 1.807) is 11.8 Å². The van der Waals surface area contributed by atoms with Gasteiger partial charge in [0.05, 0.1) is 18.5 Å². The van der Waals surface area contributed by atoms with Crippen molar-refractivity contribution in [2.24, 2.45) is 5.73 Å². The Kier molecular flexibility index (Phi) is 6.70. The molecular formula is C11H23N3O4S. The monoisotopic (exact) mass is 293 g/mol. The van der Waals surface area contributed by atoms with Gasteiger partial charge in [-0.3, -0.25) is 4.79 Å². The molecule has 1 fully saturated rings. The summed E-state index contributed by atoms with van der Waals surface area (Å²) >= 11 is 0. The van der Waals surface area contributed by atoms with Crippen LogP contribution in [-0.2, 0) is 19.6 Å². The van der Waals surface area contributed by atoms with Crippen molar-refractivity contribution in [3.05, 3.63) is 0 Å². The van der Waals surface area contributed by atoms with Crippen molar-refractivity contribution in [2.45, 2.75) is 25.0 Å². The van der Waals surface area contributed by atoms with E-state index in [0.717, 1.165) is 0 Å². The summed E-state index contributed by atoms with van der Waals surface area (Å²) < 4.78 is 31.2. The first-order chi connectivity index (χ1) is 9.01. The van der Waals surface area contributed by atoms with Crippen LogP contribution in [0.2, 0.25) is 0 Å². The molecule has 1 atom stereocenters. The molecule has 0 aromatic carbocycles. The summed E-state index contributed by atoms with van der Waals surface area (Å²) in [4.78, 5) is 13.5. The minimum Gasteiger partial charge on any atom is -0.378 e. The maximum absolute atomic E-state index is 11.8. The van der Waals surface area contributed by atoms with E-state index in [4.69, 9.17) is 10.5 Å². The second kappa shape index (κ2) is 7.78. The third-order valence-corrected chi connectivity index (χ3v) is 5.17. The Balaban J connectivity index is 2.34. The third-order valence-electron chi connectivity index (χ3n) is 3.16. The van der Waals surface area contributed by atoms with Crippen LogP contribution in [0.1, 0.15) is 19.8 Å². The fourth-order valence-corrected chi connectivity index (χ4v) is 3.22. The molecule has 0 aliphatic carbocycles. The third kappa shape index (κ3) is 5.06. The van der Waals surface area contributed by atoms with E-state index in [1.807, 2.05) is 0 Å². The first kappa shape index (κ1) is 16.4. The highest BCUT2D eigenvalue weighted by atomic mass is 32.2. The van der Waals surface area contributed by atoms with Crippen molar-refractivity contribution in [3.8, 4) is 0 Å². The van der Waals surface area contributed by atoms with Crippen LogP contribution in [0, 0.1) is 0 Å². The summed E-state index contributed by atoms with van der Waals surface area (Å²) in [5.41, 5.74) is 5.41. The van der Waals surface area contributed by atoms with E-state index in [-0.39, 0.29) is 25.4 Å². The van der Waals surface area contributed by atoms with Gasteiger partial charge in [0, 0.05) is 32.6 Å². The molecule has 1 aliphatic heterocycles. The predicted octanol–water partition coefficient (Wildman–Crippen LogP) is -1.11. The second-order valence-electron chi connectivity index (χ2n) is 4.45. The lowest BCUT2D eigenvalue weighted by molar-refractivity contribution is -0.135. The number of hydrogen-bond acceptors (Lipinski definition) is 5. The van der Waals surface area contributed by atoms with Gasteiger partial charge in [-0.2, -0.15) is 0 Å². The number of rotatable bonds is 7. The zero-order valence-electron chi connectivity index (χ0n) is 11.3. The average molecular weight is 293 g/mol. The van der Waals surface area contributed by atoms with Crippen LogP contribution < -0.4 is 10.5 Å². The number of nitrogens with zero attached hydrogens (tertiary/aromatic N) is 1. The number of carbonyl (C=O) groups excluding carboxylic acids is 1. The number of carbonyl (C=O) groups is 1. The molecule has 1 heterocycles. The van der Waals surface area contributed by atoms with Crippen LogP contribution in [0.15, 0.2) is 0 Å². The number of nitrogens with two attached hydrogens (primary N) is 1. The molecule has 1 rings (SSSR count). The lowest BCUT2D eigenvalue weighted by atomic mass is 10.3.